The Morgan fingerprint density at radius 3 is 2.66 bits per heavy atom. The molecule has 4 aromatic heterocycles. The number of benzene rings is 2. The van der Waals surface area contributed by atoms with Crippen LogP contribution < -0.4 is 0 Å². The number of hydrogen-bond donors (Lipinski definition) is 0. The summed E-state index contributed by atoms with van der Waals surface area (Å²) in [6.07, 6.45) is 7.58. The van der Waals surface area contributed by atoms with Crippen LogP contribution in [0, 0.1) is 6.92 Å². The Morgan fingerprint density at radius 1 is 0.781 bits per heavy atom. The molecule has 7 nitrogen and oxygen atoms in total. The van der Waals surface area contributed by atoms with E-state index in [2.05, 4.69) is 58.7 Å². The van der Waals surface area contributed by atoms with Gasteiger partial charge in [-0.2, -0.15) is 0 Å². The molecular weight excluding hydrogens is 398 g/mol. The lowest BCUT2D eigenvalue weighted by molar-refractivity contribution is 0.825. The maximum Gasteiger partial charge on any atom is 0.116 e. The van der Waals surface area contributed by atoms with Crippen LogP contribution in [-0.4, -0.2) is 34.5 Å². The standard InChI is InChI=1S/C25H19N7/c1-16-24-25(30-13-27-16)18(8-9-26-24)11-22-19-7-6-17(10-21(19)28-14-29-22)12-32-15-31-20-4-2-3-5-23(20)32/h2-10,13-15H,11-12H2,1H3. The van der Waals surface area contributed by atoms with Gasteiger partial charge in [0.1, 0.15) is 18.2 Å². The van der Waals surface area contributed by atoms with Crippen LogP contribution in [0.15, 0.2) is 73.7 Å². The molecular formula is C25H19N7. The maximum absolute atomic E-state index is 4.59. The maximum atomic E-state index is 4.59. The molecule has 6 rings (SSSR count). The van der Waals surface area contributed by atoms with Gasteiger partial charge in [0.05, 0.1) is 39.8 Å². The second-order valence-corrected chi connectivity index (χ2v) is 7.84. The van der Waals surface area contributed by atoms with Gasteiger partial charge in [0.15, 0.2) is 0 Å². The average molecular weight is 417 g/mol. The fourth-order valence-electron chi connectivity index (χ4n) is 4.19. The number of fused-ring (bicyclic) bond motifs is 3. The molecule has 32 heavy (non-hydrogen) atoms. The number of imidazole rings is 1. The third-order valence-electron chi connectivity index (χ3n) is 5.81. The van der Waals surface area contributed by atoms with Crippen LogP contribution in [-0.2, 0) is 13.0 Å². The van der Waals surface area contributed by atoms with E-state index >= 15 is 0 Å². The van der Waals surface area contributed by atoms with Gasteiger partial charge in [-0.05, 0) is 42.3 Å². The summed E-state index contributed by atoms with van der Waals surface area (Å²) in [6.45, 7) is 2.69. The number of aryl methyl sites for hydroxylation is 1. The van der Waals surface area contributed by atoms with E-state index in [0.717, 1.165) is 56.5 Å². The van der Waals surface area contributed by atoms with Gasteiger partial charge < -0.3 is 4.57 Å². The first-order valence-corrected chi connectivity index (χ1v) is 10.4. The topological polar surface area (TPSA) is 82.3 Å². The lowest BCUT2D eigenvalue weighted by atomic mass is 10.0. The van der Waals surface area contributed by atoms with Gasteiger partial charge in [-0.25, -0.2) is 24.9 Å². The Kier molecular flexibility index (Phi) is 4.31. The fourth-order valence-corrected chi connectivity index (χ4v) is 4.19. The number of nitrogens with zero attached hydrogens (tertiary/aromatic N) is 7. The minimum atomic E-state index is 0.653. The van der Waals surface area contributed by atoms with Crippen LogP contribution >= 0.6 is 0 Å². The molecule has 0 aliphatic heterocycles. The van der Waals surface area contributed by atoms with Crippen molar-refractivity contribution in [3.8, 4) is 0 Å². The van der Waals surface area contributed by atoms with Crippen molar-refractivity contribution in [2.24, 2.45) is 0 Å². The van der Waals surface area contributed by atoms with Crippen molar-refractivity contribution in [2.75, 3.05) is 0 Å². The monoisotopic (exact) mass is 417 g/mol. The molecule has 0 fully saturated rings. The van der Waals surface area contributed by atoms with E-state index in [-0.39, 0.29) is 0 Å². The molecule has 2 aromatic carbocycles. The largest absolute Gasteiger partial charge is 0.326 e. The average Bonchev–Trinajstić information content (AvgIpc) is 3.23. The molecule has 6 aromatic rings. The quantitative estimate of drug-likeness (QED) is 0.426. The summed E-state index contributed by atoms with van der Waals surface area (Å²) in [7, 11) is 0. The molecule has 0 aliphatic rings. The van der Waals surface area contributed by atoms with Gasteiger partial charge in [0, 0.05) is 24.5 Å². The van der Waals surface area contributed by atoms with Crippen molar-refractivity contribution in [3.05, 3.63) is 96.2 Å². The van der Waals surface area contributed by atoms with E-state index in [1.165, 1.54) is 5.56 Å². The summed E-state index contributed by atoms with van der Waals surface area (Å²) >= 11 is 0. The zero-order valence-corrected chi connectivity index (χ0v) is 17.5. The van der Waals surface area contributed by atoms with Gasteiger partial charge in [-0.15, -0.1) is 0 Å². The zero-order chi connectivity index (χ0) is 21.5. The molecule has 0 bridgehead atoms. The molecule has 7 heteroatoms. The van der Waals surface area contributed by atoms with Crippen molar-refractivity contribution < 1.29 is 0 Å². The summed E-state index contributed by atoms with van der Waals surface area (Å²) < 4.78 is 2.16. The van der Waals surface area contributed by atoms with E-state index in [1.807, 2.05) is 43.7 Å². The number of hydrogen-bond acceptors (Lipinski definition) is 6. The van der Waals surface area contributed by atoms with Crippen LogP contribution in [0.25, 0.3) is 33.0 Å². The second-order valence-electron chi connectivity index (χ2n) is 7.84. The molecule has 0 atom stereocenters. The summed E-state index contributed by atoms with van der Waals surface area (Å²) in [4.78, 5) is 26.8. The minimum Gasteiger partial charge on any atom is -0.326 e. The number of aromatic nitrogens is 7. The smallest absolute Gasteiger partial charge is 0.116 e. The van der Waals surface area contributed by atoms with Gasteiger partial charge in [0.2, 0.25) is 0 Å². The summed E-state index contributed by atoms with van der Waals surface area (Å²) in [6, 6.07) is 16.6. The van der Waals surface area contributed by atoms with Crippen LogP contribution in [0.1, 0.15) is 22.5 Å². The van der Waals surface area contributed by atoms with Crippen molar-refractivity contribution >= 4 is 33.0 Å². The van der Waals surface area contributed by atoms with E-state index in [9.17, 15) is 0 Å². The molecule has 0 unspecified atom stereocenters. The van der Waals surface area contributed by atoms with Crippen molar-refractivity contribution in [1.82, 2.24) is 34.5 Å². The first-order chi connectivity index (χ1) is 15.8. The predicted octanol–water partition coefficient (Wildman–Crippen LogP) is 4.27. The van der Waals surface area contributed by atoms with Crippen molar-refractivity contribution in [3.63, 3.8) is 0 Å². The Balaban J connectivity index is 1.37. The summed E-state index contributed by atoms with van der Waals surface area (Å²) in [5, 5.41) is 1.04. The van der Waals surface area contributed by atoms with E-state index in [0.29, 0.717) is 6.42 Å². The molecule has 0 saturated carbocycles. The van der Waals surface area contributed by atoms with Gasteiger partial charge >= 0.3 is 0 Å². The van der Waals surface area contributed by atoms with Crippen molar-refractivity contribution in [2.45, 2.75) is 19.9 Å². The van der Waals surface area contributed by atoms with E-state index in [4.69, 9.17) is 0 Å². The van der Waals surface area contributed by atoms with Crippen LogP contribution in [0.3, 0.4) is 0 Å². The first-order valence-electron chi connectivity index (χ1n) is 10.4. The van der Waals surface area contributed by atoms with Gasteiger partial charge in [-0.1, -0.05) is 24.3 Å². The lowest BCUT2D eigenvalue weighted by Gasteiger charge is -2.10. The first kappa shape index (κ1) is 18.5. The molecule has 0 spiro atoms. The number of para-hydroxylation sites is 2. The van der Waals surface area contributed by atoms with E-state index < -0.39 is 0 Å². The molecule has 0 aliphatic carbocycles. The third kappa shape index (κ3) is 3.15. The number of rotatable bonds is 4. The molecule has 0 saturated heterocycles. The van der Waals surface area contributed by atoms with Gasteiger partial charge in [-0.3, -0.25) is 4.98 Å². The molecule has 0 N–H and O–H groups in total. The highest BCUT2D eigenvalue weighted by molar-refractivity contribution is 5.84. The second kappa shape index (κ2) is 7.46. The van der Waals surface area contributed by atoms with Crippen LogP contribution in [0.4, 0.5) is 0 Å². The van der Waals surface area contributed by atoms with Gasteiger partial charge in [0.25, 0.3) is 0 Å². The Labute approximate surface area is 183 Å². The van der Waals surface area contributed by atoms with Crippen molar-refractivity contribution in [1.29, 1.82) is 0 Å². The normalized spacial score (nSPS) is 11.5. The Bertz CT molecular complexity index is 1600. The third-order valence-corrected chi connectivity index (χ3v) is 5.81. The SMILES string of the molecule is Cc1ncnc2c(Cc3ncnc4cc(Cn5cnc6ccccc65)ccc34)ccnc12. The Hall–Kier alpha value is -4.26. The summed E-state index contributed by atoms with van der Waals surface area (Å²) in [5.41, 5.74) is 8.85. The molecule has 0 amide bonds. The molecule has 4 heterocycles. The fraction of sp³-hybridized carbons (Fsp3) is 0.120. The highest BCUT2D eigenvalue weighted by Gasteiger charge is 2.11. The predicted molar refractivity (Wildman–Crippen MR) is 123 cm³/mol. The Morgan fingerprint density at radius 2 is 1.69 bits per heavy atom. The summed E-state index contributed by atoms with van der Waals surface area (Å²) in [5.74, 6) is 0. The highest BCUT2D eigenvalue weighted by atomic mass is 15.0. The molecule has 0 radical (unpaired) electrons. The highest BCUT2D eigenvalue weighted by Crippen LogP contribution is 2.23. The van der Waals surface area contributed by atoms with Crippen LogP contribution in [0.5, 0.6) is 0 Å². The zero-order valence-electron chi connectivity index (χ0n) is 17.5. The molecule has 154 valence electrons. The van der Waals surface area contributed by atoms with E-state index in [1.54, 1.807) is 12.7 Å². The number of pyridine rings is 1. The lowest BCUT2D eigenvalue weighted by Crippen LogP contribution is -2.01. The minimum absolute atomic E-state index is 0.653. The van der Waals surface area contributed by atoms with Crippen LogP contribution in [0.2, 0.25) is 0 Å².